The Morgan fingerprint density at radius 3 is 2.34 bits per heavy atom. The molecule has 0 radical (unpaired) electrons. The Kier molecular flexibility index (Phi) is 7.50. The number of carbonyl (C=O) groups excluding carboxylic acids is 1. The standard InChI is InChI=1S/C23H20ClFN2O4S/c1-2-31-20-11-8-18(9-12-20)27-32(29,30)22-15-19(10-13-21(22)24)26-23(28)14-5-16-3-6-17(25)7-4-16/h3-15,27H,2H2,1H3,(H,26,28). The van der Waals surface area contributed by atoms with Crippen LogP contribution in [0.4, 0.5) is 15.8 Å². The molecule has 32 heavy (non-hydrogen) atoms. The van der Waals surface area contributed by atoms with Crippen LogP contribution in [0.3, 0.4) is 0 Å². The summed E-state index contributed by atoms with van der Waals surface area (Å²) in [5.74, 6) is -0.244. The lowest BCUT2D eigenvalue weighted by atomic mass is 10.2. The van der Waals surface area contributed by atoms with Crippen LogP contribution in [0.25, 0.3) is 6.08 Å². The second-order valence-electron chi connectivity index (χ2n) is 6.58. The molecular weight excluding hydrogens is 455 g/mol. The third-order valence-corrected chi connectivity index (χ3v) is 6.07. The molecule has 0 heterocycles. The van der Waals surface area contributed by atoms with E-state index < -0.39 is 15.9 Å². The van der Waals surface area contributed by atoms with Crippen LogP contribution in [0.5, 0.6) is 5.75 Å². The number of halogens is 2. The SMILES string of the molecule is CCOc1ccc(NS(=O)(=O)c2cc(NC(=O)C=Cc3ccc(F)cc3)ccc2Cl)cc1. The van der Waals surface area contributed by atoms with Crippen LogP contribution in [-0.2, 0) is 14.8 Å². The third kappa shape index (κ3) is 6.32. The average Bonchev–Trinajstić information content (AvgIpc) is 2.76. The number of sulfonamides is 1. The van der Waals surface area contributed by atoms with Crippen LogP contribution in [-0.4, -0.2) is 20.9 Å². The molecule has 1 amide bonds. The van der Waals surface area contributed by atoms with Gasteiger partial charge in [0, 0.05) is 17.5 Å². The Balaban J connectivity index is 1.73. The van der Waals surface area contributed by atoms with Gasteiger partial charge in [0.2, 0.25) is 5.91 Å². The Morgan fingerprint density at radius 2 is 1.69 bits per heavy atom. The van der Waals surface area contributed by atoms with Gasteiger partial charge in [-0.25, -0.2) is 12.8 Å². The van der Waals surface area contributed by atoms with Gasteiger partial charge in [-0.2, -0.15) is 0 Å². The predicted octanol–water partition coefficient (Wildman–Crippen LogP) is 5.33. The highest BCUT2D eigenvalue weighted by atomic mass is 35.5. The first-order chi connectivity index (χ1) is 15.3. The van der Waals surface area contributed by atoms with E-state index in [4.69, 9.17) is 16.3 Å². The third-order valence-electron chi connectivity index (χ3n) is 4.20. The fraction of sp³-hybridized carbons (Fsp3) is 0.0870. The van der Waals surface area contributed by atoms with Crippen molar-refractivity contribution in [3.8, 4) is 5.75 Å². The molecular formula is C23H20ClFN2O4S. The molecule has 3 aromatic rings. The first-order valence-corrected chi connectivity index (χ1v) is 11.4. The van der Waals surface area contributed by atoms with E-state index in [1.807, 2.05) is 6.92 Å². The molecule has 0 aliphatic rings. The summed E-state index contributed by atoms with van der Waals surface area (Å²) in [4.78, 5) is 12.0. The zero-order chi connectivity index (χ0) is 23.1. The van der Waals surface area contributed by atoms with Gasteiger partial charge in [-0.15, -0.1) is 0 Å². The maximum Gasteiger partial charge on any atom is 0.263 e. The molecule has 0 saturated heterocycles. The minimum Gasteiger partial charge on any atom is -0.494 e. The summed E-state index contributed by atoms with van der Waals surface area (Å²) in [6.07, 6.45) is 2.77. The maximum absolute atomic E-state index is 13.0. The minimum atomic E-state index is -4.01. The van der Waals surface area contributed by atoms with E-state index >= 15 is 0 Å². The molecule has 166 valence electrons. The topological polar surface area (TPSA) is 84.5 Å². The summed E-state index contributed by atoms with van der Waals surface area (Å²) in [6, 6.07) is 16.2. The Hall–Kier alpha value is -3.36. The van der Waals surface area contributed by atoms with Crippen molar-refractivity contribution in [2.75, 3.05) is 16.6 Å². The van der Waals surface area contributed by atoms with Crippen molar-refractivity contribution < 1.29 is 22.3 Å². The molecule has 0 aliphatic carbocycles. The second-order valence-corrected chi connectivity index (χ2v) is 8.64. The van der Waals surface area contributed by atoms with Gasteiger partial charge in [0.05, 0.1) is 11.6 Å². The smallest absolute Gasteiger partial charge is 0.263 e. The van der Waals surface area contributed by atoms with Crippen molar-refractivity contribution in [3.63, 3.8) is 0 Å². The monoisotopic (exact) mass is 474 g/mol. The van der Waals surface area contributed by atoms with E-state index in [1.54, 1.807) is 24.3 Å². The largest absolute Gasteiger partial charge is 0.494 e. The summed E-state index contributed by atoms with van der Waals surface area (Å²) in [7, 11) is -4.01. The fourth-order valence-corrected chi connectivity index (χ4v) is 4.30. The van der Waals surface area contributed by atoms with E-state index in [0.29, 0.717) is 23.6 Å². The molecule has 6 nitrogen and oxygen atoms in total. The van der Waals surface area contributed by atoms with Crippen LogP contribution < -0.4 is 14.8 Å². The predicted molar refractivity (Wildman–Crippen MR) is 124 cm³/mol. The van der Waals surface area contributed by atoms with Crippen LogP contribution in [0.15, 0.2) is 77.7 Å². The molecule has 0 bridgehead atoms. The number of nitrogens with one attached hydrogen (secondary N) is 2. The molecule has 9 heteroatoms. The highest BCUT2D eigenvalue weighted by Gasteiger charge is 2.19. The Bertz CT molecular complexity index is 1230. The number of hydrogen-bond acceptors (Lipinski definition) is 4. The minimum absolute atomic E-state index is 0.00305. The van der Waals surface area contributed by atoms with Crippen molar-refractivity contribution in [2.45, 2.75) is 11.8 Å². The van der Waals surface area contributed by atoms with Crippen molar-refractivity contribution in [3.05, 3.63) is 89.2 Å². The molecule has 0 spiro atoms. The van der Waals surface area contributed by atoms with Crippen LogP contribution in [0.2, 0.25) is 5.02 Å². The normalized spacial score (nSPS) is 11.3. The van der Waals surface area contributed by atoms with Crippen LogP contribution in [0, 0.1) is 5.82 Å². The zero-order valence-corrected chi connectivity index (χ0v) is 18.6. The molecule has 3 aromatic carbocycles. The number of anilines is 2. The molecule has 0 atom stereocenters. The van der Waals surface area contributed by atoms with Gasteiger partial charge in [0.1, 0.15) is 16.5 Å². The lowest BCUT2D eigenvalue weighted by Crippen LogP contribution is -2.14. The highest BCUT2D eigenvalue weighted by Crippen LogP contribution is 2.27. The van der Waals surface area contributed by atoms with Gasteiger partial charge in [-0.3, -0.25) is 9.52 Å². The van der Waals surface area contributed by atoms with Crippen LogP contribution in [0.1, 0.15) is 12.5 Å². The van der Waals surface area contributed by atoms with Crippen molar-refractivity contribution in [2.24, 2.45) is 0 Å². The summed E-state index contributed by atoms with van der Waals surface area (Å²) in [5, 5.41) is 2.58. The van der Waals surface area contributed by atoms with Gasteiger partial charge < -0.3 is 10.1 Å². The number of carbonyl (C=O) groups is 1. The lowest BCUT2D eigenvalue weighted by molar-refractivity contribution is -0.111. The molecule has 0 saturated carbocycles. The zero-order valence-electron chi connectivity index (χ0n) is 17.0. The summed E-state index contributed by atoms with van der Waals surface area (Å²) >= 11 is 6.11. The Morgan fingerprint density at radius 1 is 1.03 bits per heavy atom. The number of amides is 1. The van der Waals surface area contributed by atoms with Crippen LogP contribution >= 0.6 is 11.6 Å². The first kappa shape index (κ1) is 23.3. The first-order valence-electron chi connectivity index (χ1n) is 9.57. The van der Waals surface area contributed by atoms with E-state index in [-0.39, 0.29) is 21.4 Å². The maximum atomic E-state index is 13.0. The van der Waals surface area contributed by atoms with E-state index in [9.17, 15) is 17.6 Å². The number of ether oxygens (including phenoxy) is 1. The fourth-order valence-electron chi connectivity index (χ4n) is 2.71. The second kappa shape index (κ2) is 10.3. The molecule has 0 unspecified atom stereocenters. The van der Waals surface area contributed by atoms with Gasteiger partial charge in [0.15, 0.2) is 0 Å². The lowest BCUT2D eigenvalue weighted by Gasteiger charge is -2.12. The van der Waals surface area contributed by atoms with E-state index in [0.717, 1.165) is 0 Å². The number of rotatable bonds is 8. The number of benzene rings is 3. The van der Waals surface area contributed by atoms with Gasteiger partial charge in [-0.05, 0) is 73.2 Å². The van der Waals surface area contributed by atoms with Gasteiger partial charge >= 0.3 is 0 Å². The quantitative estimate of drug-likeness (QED) is 0.432. The van der Waals surface area contributed by atoms with E-state index in [1.165, 1.54) is 54.6 Å². The van der Waals surface area contributed by atoms with Crippen molar-refractivity contribution in [1.29, 1.82) is 0 Å². The summed E-state index contributed by atoms with van der Waals surface area (Å²) in [5.41, 5.74) is 1.22. The van der Waals surface area contributed by atoms with Gasteiger partial charge in [-0.1, -0.05) is 23.7 Å². The summed E-state index contributed by atoms with van der Waals surface area (Å²) < 4.78 is 46.4. The summed E-state index contributed by atoms with van der Waals surface area (Å²) in [6.45, 7) is 2.35. The van der Waals surface area contributed by atoms with Crippen molar-refractivity contribution >= 4 is 45.0 Å². The molecule has 3 rings (SSSR count). The highest BCUT2D eigenvalue weighted by molar-refractivity contribution is 7.92. The molecule has 0 fully saturated rings. The molecule has 0 aliphatic heterocycles. The average molecular weight is 475 g/mol. The number of hydrogen-bond donors (Lipinski definition) is 2. The Labute approximate surface area is 190 Å². The van der Waals surface area contributed by atoms with Crippen molar-refractivity contribution in [1.82, 2.24) is 0 Å². The molecule has 0 aromatic heterocycles. The molecule has 2 N–H and O–H groups in total. The van der Waals surface area contributed by atoms with E-state index in [2.05, 4.69) is 10.0 Å². The van der Waals surface area contributed by atoms with Gasteiger partial charge in [0.25, 0.3) is 10.0 Å².